The summed E-state index contributed by atoms with van der Waals surface area (Å²) < 4.78 is 10.5. The third-order valence-electron chi connectivity index (χ3n) is 3.84. The van der Waals surface area contributed by atoms with E-state index in [0.29, 0.717) is 28.7 Å². The molecule has 0 saturated carbocycles. The first-order valence-electron chi connectivity index (χ1n) is 8.31. The standard InChI is InChI=1S/C19H17N5O3/c1-12-2-9-18(24-23-12)20-13-3-5-14(6-4-13)21-19(25)22-15-7-8-16-17(10-15)27-11-26-16/h2-10H,11H2,1H3,(H,20,24)(H2,21,22,25). The Hall–Kier alpha value is -3.81. The van der Waals surface area contributed by atoms with E-state index in [1.807, 2.05) is 31.2 Å². The molecule has 0 spiro atoms. The Kier molecular flexibility index (Phi) is 4.44. The summed E-state index contributed by atoms with van der Waals surface area (Å²) in [5.74, 6) is 1.94. The summed E-state index contributed by atoms with van der Waals surface area (Å²) in [7, 11) is 0. The highest BCUT2D eigenvalue weighted by Crippen LogP contribution is 2.34. The number of aromatic nitrogens is 2. The van der Waals surface area contributed by atoms with Crippen LogP contribution in [0.2, 0.25) is 0 Å². The number of amides is 2. The van der Waals surface area contributed by atoms with Gasteiger partial charge in [0.05, 0.1) is 5.69 Å². The van der Waals surface area contributed by atoms with Gasteiger partial charge in [-0.05, 0) is 55.5 Å². The fraction of sp³-hybridized carbons (Fsp3) is 0.105. The van der Waals surface area contributed by atoms with Gasteiger partial charge in [-0.2, -0.15) is 5.10 Å². The number of hydrogen-bond acceptors (Lipinski definition) is 6. The summed E-state index contributed by atoms with van der Waals surface area (Å²) in [4.78, 5) is 12.2. The summed E-state index contributed by atoms with van der Waals surface area (Å²) in [6.45, 7) is 2.07. The molecular formula is C19H17N5O3. The second-order valence-electron chi connectivity index (χ2n) is 5.91. The van der Waals surface area contributed by atoms with Gasteiger partial charge in [0.25, 0.3) is 0 Å². The minimum atomic E-state index is -0.348. The minimum Gasteiger partial charge on any atom is -0.454 e. The lowest BCUT2D eigenvalue weighted by molar-refractivity contribution is 0.174. The summed E-state index contributed by atoms with van der Waals surface area (Å²) in [5.41, 5.74) is 2.98. The van der Waals surface area contributed by atoms with Gasteiger partial charge in [0.1, 0.15) is 0 Å². The molecule has 0 saturated heterocycles. The lowest BCUT2D eigenvalue weighted by atomic mass is 10.2. The quantitative estimate of drug-likeness (QED) is 0.650. The second kappa shape index (κ2) is 7.20. The summed E-state index contributed by atoms with van der Waals surface area (Å²) in [6.07, 6.45) is 0. The van der Waals surface area contributed by atoms with E-state index in [-0.39, 0.29) is 12.8 Å². The van der Waals surface area contributed by atoms with Crippen LogP contribution in [0.4, 0.5) is 27.7 Å². The van der Waals surface area contributed by atoms with Gasteiger partial charge < -0.3 is 25.4 Å². The third-order valence-corrected chi connectivity index (χ3v) is 3.84. The maximum absolute atomic E-state index is 12.2. The van der Waals surface area contributed by atoms with Gasteiger partial charge in [-0.25, -0.2) is 4.79 Å². The van der Waals surface area contributed by atoms with Crippen molar-refractivity contribution in [3.63, 3.8) is 0 Å². The van der Waals surface area contributed by atoms with Crippen molar-refractivity contribution in [1.29, 1.82) is 0 Å². The van der Waals surface area contributed by atoms with E-state index < -0.39 is 0 Å². The van der Waals surface area contributed by atoms with E-state index in [2.05, 4.69) is 26.1 Å². The molecule has 2 amide bonds. The van der Waals surface area contributed by atoms with E-state index in [0.717, 1.165) is 11.4 Å². The van der Waals surface area contributed by atoms with Gasteiger partial charge in [-0.15, -0.1) is 5.10 Å². The molecule has 1 aliphatic heterocycles. The lowest BCUT2D eigenvalue weighted by Gasteiger charge is -2.09. The molecule has 0 fully saturated rings. The van der Waals surface area contributed by atoms with Crippen LogP contribution in [0.15, 0.2) is 54.6 Å². The molecule has 0 bridgehead atoms. The van der Waals surface area contributed by atoms with Crippen LogP contribution < -0.4 is 25.4 Å². The largest absolute Gasteiger partial charge is 0.454 e. The number of benzene rings is 2. The first-order valence-corrected chi connectivity index (χ1v) is 8.31. The molecule has 8 heteroatoms. The van der Waals surface area contributed by atoms with Crippen molar-refractivity contribution in [3.8, 4) is 11.5 Å². The van der Waals surface area contributed by atoms with Gasteiger partial charge in [0.15, 0.2) is 17.3 Å². The number of anilines is 4. The molecule has 8 nitrogen and oxygen atoms in total. The topological polar surface area (TPSA) is 97.4 Å². The Bertz CT molecular complexity index is 958. The van der Waals surface area contributed by atoms with Crippen molar-refractivity contribution in [2.45, 2.75) is 6.92 Å². The van der Waals surface area contributed by atoms with Gasteiger partial charge in [-0.1, -0.05) is 0 Å². The Morgan fingerprint density at radius 3 is 2.33 bits per heavy atom. The molecule has 1 aliphatic rings. The van der Waals surface area contributed by atoms with E-state index in [9.17, 15) is 4.79 Å². The second-order valence-corrected chi connectivity index (χ2v) is 5.91. The molecule has 1 aromatic heterocycles. The van der Waals surface area contributed by atoms with E-state index in [4.69, 9.17) is 9.47 Å². The normalized spacial score (nSPS) is 11.7. The molecule has 0 atom stereocenters. The number of rotatable bonds is 4. The first-order chi connectivity index (χ1) is 13.2. The Balaban J connectivity index is 1.35. The number of fused-ring (bicyclic) bond motifs is 1. The lowest BCUT2D eigenvalue weighted by Crippen LogP contribution is -2.19. The highest BCUT2D eigenvalue weighted by Gasteiger charge is 2.14. The van der Waals surface area contributed by atoms with Crippen molar-refractivity contribution in [2.24, 2.45) is 0 Å². The molecule has 0 aliphatic carbocycles. The molecule has 3 aromatic rings. The van der Waals surface area contributed by atoms with Crippen LogP contribution in [0, 0.1) is 6.92 Å². The van der Waals surface area contributed by atoms with Crippen LogP contribution in [0.3, 0.4) is 0 Å². The third kappa shape index (κ3) is 4.06. The highest BCUT2D eigenvalue weighted by atomic mass is 16.7. The van der Waals surface area contributed by atoms with Crippen LogP contribution in [-0.2, 0) is 0 Å². The zero-order valence-corrected chi connectivity index (χ0v) is 14.5. The molecule has 27 heavy (non-hydrogen) atoms. The van der Waals surface area contributed by atoms with Crippen molar-refractivity contribution < 1.29 is 14.3 Å². The summed E-state index contributed by atoms with van der Waals surface area (Å²) >= 11 is 0. The van der Waals surface area contributed by atoms with Crippen LogP contribution >= 0.6 is 0 Å². The minimum absolute atomic E-state index is 0.194. The first kappa shape index (κ1) is 16.6. The fourth-order valence-corrected chi connectivity index (χ4v) is 2.52. The number of nitrogens with one attached hydrogen (secondary N) is 3. The van der Waals surface area contributed by atoms with Gasteiger partial charge in [0, 0.05) is 23.1 Å². The SMILES string of the molecule is Cc1ccc(Nc2ccc(NC(=O)Nc3ccc4c(c3)OCO4)cc2)nn1. The maximum Gasteiger partial charge on any atom is 0.323 e. The highest BCUT2D eigenvalue weighted by molar-refractivity contribution is 6.00. The monoisotopic (exact) mass is 363 g/mol. The fourth-order valence-electron chi connectivity index (χ4n) is 2.52. The Labute approximate surface area is 155 Å². The smallest absolute Gasteiger partial charge is 0.323 e. The number of nitrogens with zero attached hydrogens (tertiary/aromatic N) is 2. The number of hydrogen-bond donors (Lipinski definition) is 3. The van der Waals surface area contributed by atoms with Crippen molar-refractivity contribution >= 4 is 28.9 Å². The van der Waals surface area contributed by atoms with E-state index in [1.165, 1.54) is 0 Å². The average molecular weight is 363 g/mol. The molecule has 0 unspecified atom stereocenters. The molecule has 4 rings (SSSR count). The van der Waals surface area contributed by atoms with Gasteiger partial charge in [-0.3, -0.25) is 0 Å². The molecule has 3 N–H and O–H groups in total. The van der Waals surface area contributed by atoms with Crippen molar-refractivity contribution in [3.05, 3.63) is 60.3 Å². The zero-order valence-electron chi connectivity index (χ0n) is 14.5. The Morgan fingerprint density at radius 2 is 1.56 bits per heavy atom. The predicted molar refractivity (Wildman–Crippen MR) is 102 cm³/mol. The summed E-state index contributed by atoms with van der Waals surface area (Å²) in [6, 6.07) is 15.9. The molecule has 2 aromatic carbocycles. The van der Waals surface area contributed by atoms with Crippen LogP contribution in [0.25, 0.3) is 0 Å². The average Bonchev–Trinajstić information content (AvgIpc) is 3.13. The zero-order chi connectivity index (χ0) is 18.6. The van der Waals surface area contributed by atoms with Crippen LogP contribution in [-0.4, -0.2) is 23.0 Å². The molecular weight excluding hydrogens is 346 g/mol. The molecule has 2 heterocycles. The van der Waals surface area contributed by atoms with Crippen LogP contribution in [0.5, 0.6) is 11.5 Å². The number of ether oxygens (including phenoxy) is 2. The van der Waals surface area contributed by atoms with Crippen LogP contribution in [0.1, 0.15) is 5.69 Å². The predicted octanol–water partition coefficient (Wildman–Crippen LogP) is 3.90. The van der Waals surface area contributed by atoms with Crippen molar-refractivity contribution in [1.82, 2.24) is 10.2 Å². The number of aryl methyl sites for hydroxylation is 1. The number of carbonyl (C=O) groups is 1. The van der Waals surface area contributed by atoms with Crippen molar-refractivity contribution in [2.75, 3.05) is 22.7 Å². The molecule has 136 valence electrons. The van der Waals surface area contributed by atoms with E-state index in [1.54, 1.807) is 30.3 Å². The maximum atomic E-state index is 12.2. The summed E-state index contributed by atoms with van der Waals surface area (Å²) in [5, 5.41) is 16.7. The van der Waals surface area contributed by atoms with Gasteiger partial charge >= 0.3 is 6.03 Å². The number of carbonyl (C=O) groups excluding carboxylic acids is 1. The molecule has 0 radical (unpaired) electrons. The Morgan fingerprint density at radius 1 is 0.852 bits per heavy atom. The van der Waals surface area contributed by atoms with Gasteiger partial charge in [0.2, 0.25) is 6.79 Å². The number of urea groups is 1. The van der Waals surface area contributed by atoms with E-state index >= 15 is 0 Å².